The van der Waals surface area contributed by atoms with Crippen molar-refractivity contribution in [1.29, 1.82) is 0 Å². The molecule has 1 aliphatic rings. The van der Waals surface area contributed by atoms with E-state index in [1.165, 1.54) is 49.7 Å². The van der Waals surface area contributed by atoms with Crippen molar-refractivity contribution >= 4 is 0 Å². The van der Waals surface area contributed by atoms with Gasteiger partial charge in [0, 0.05) is 6.61 Å². The lowest BCUT2D eigenvalue weighted by Gasteiger charge is -2.30. The maximum absolute atomic E-state index is 5.92. The SMILES string of the molecule is CCCCc1ccc(C(NC)C2CCCCO2)cc1. The number of benzene rings is 1. The van der Waals surface area contributed by atoms with E-state index in [0.717, 1.165) is 6.61 Å². The predicted octanol–water partition coefficient (Wildman–Crippen LogP) is 3.86. The van der Waals surface area contributed by atoms with Gasteiger partial charge in [-0.25, -0.2) is 0 Å². The Morgan fingerprint density at radius 1 is 1.26 bits per heavy atom. The molecule has 1 aliphatic heterocycles. The summed E-state index contributed by atoms with van der Waals surface area (Å²) in [6.07, 6.45) is 7.74. The zero-order valence-electron chi connectivity index (χ0n) is 12.3. The average Bonchev–Trinajstić information content (AvgIpc) is 2.48. The van der Waals surface area contributed by atoms with Crippen molar-refractivity contribution in [3.05, 3.63) is 35.4 Å². The molecule has 0 spiro atoms. The van der Waals surface area contributed by atoms with Gasteiger partial charge in [-0.2, -0.15) is 0 Å². The molecule has 1 heterocycles. The van der Waals surface area contributed by atoms with Crippen molar-refractivity contribution in [3.63, 3.8) is 0 Å². The summed E-state index contributed by atoms with van der Waals surface area (Å²) < 4.78 is 5.92. The van der Waals surface area contributed by atoms with Crippen LogP contribution in [0.25, 0.3) is 0 Å². The van der Waals surface area contributed by atoms with E-state index in [9.17, 15) is 0 Å². The summed E-state index contributed by atoms with van der Waals surface area (Å²) in [6.45, 7) is 3.16. The fourth-order valence-electron chi connectivity index (χ4n) is 2.87. The lowest BCUT2D eigenvalue weighted by atomic mass is 9.94. The van der Waals surface area contributed by atoms with Gasteiger partial charge >= 0.3 is 0 Å². The van der Waals surface area contributed by atoms with Crippen LogP contribution in [0, 0.1) is 0 Å². The summed E-state index contributed by atoms with van der Waals surface area (Å²) in [5.74, 6) is 0. The van der Waals surface area contributed by atoms with Crippen LogP contribution in [-0.2, 0) is 11.2 Å². The Bertz CT molecular complexity index is 354. The van der Waals surface area contributed by atoms with Crippen LogP contribution in [0.15, 0.2) is 24.3 Å². The van der Waals surface area contributed by atoms with Gasteiger partial charge in [-0.1, -0.05) is 37.6 Å². The van der Waals surface area contributed by atoms with E-state index in [0.29, 0.717) is 12.1 Å². The number of likely N-dealkylation sites (N-methyl/N-ethyl adjacent to an activating group) is 1. The third-order valence-electron chi connectivity index (χ3n) is 4.06. The summed E-state index contributed by atoms with van der Waals surface area (Å²) in [5, 5.41) is 3.43. The zero-order chi connectivity index (χ0) is 13.5. The fourth-order valence-corrected chi connectivity index (χ4v) is 2.87. The molecule has 0 aliphatic carbocycles. The number of unbranched alkanes of at least 4 members (excludes halogenated alkanes) is 1. The maximum Gasteiger partial charge on any atom is 0.0769 e. The molecule has 1 aromatic carbocycles. The second kappa shape index (κ2) is 7.66. The van der Waals surface area contributed by atoms with Gasteiger partial charge in [-0.3, -0.25) is 0 Å². The molecule has 1 N–H and O–H groups in total. The number of nitrogens with one attached hydrogen (secondary N) is 1. The third kappa shape index (κ3) is 4.05. The average molecular weight is 261 g/mol. The number of rotatable bonds is 6. The van der Waals surface area contributed by atoms with Crippen LogP contribution in [0.4, 0.5) is 0 Å². The molecule has 0 saturated carbocycles. The van der Waals surface area contributed by atoms with Crippen LogP contribution in [0.2, 0.25) is 0 Å². The Labute approximate surface area is 117 Å². The minimum Gasteiger partial charge on any atom is -0.376 e. The standard InChI is InChI=1S/C17H27NO/c1-3-4-7-14-9-11-15(12-10-14)17(18-2)16-8-5-6-13-19-16/h9-12,16-18H,3-8,13H2,1-2H3. The molecule has 106 valence electrons. The first kappa shape index (κ1) is 14.5. The number of aryl methyl sites for hydroxylation is 1. The first-order chi connectivity index (χ1) is 9.35. The van der Waals surface area contributed by atoms with E-state index in [1.807, 2.05) is 7.05 Å². The Morgan fingerprint density at radius 2 is 2.05 bits per heavy atom. The molecule has 2 atom stereocenters. The van der Waals surface area contributed by atoms with Gasteiger partial charge in [0.2, 0.25) is 0 Å². The van der Waals surface area contributed by atoms with Crippen molar-refractivity contribution < 1.29 is 4.74 Å². The number of ether oxygens (including phenoxy) is 1. The molecule has 2 nitrogen and oxygen atoms in total. The lowest BCUT2D eigenvalue weighted by molar-refractivity contribution is -0.00662. The summed E-state index contributed by atoms with van der Waals surface area (Å²) >= 11 is 0. The van der Waals surface area contributed by atoms with E-state index in [4.69, 9.17) is 4.74 Å². The summed E-state index contributed by atoms with van der Waals surface area (Å²) in [6, 6.07) is 9.42. The van der Waals surface area contributed by atoms with E-state index < -0.39 is 0 Å². The monoisotopic (exact) mass is 261 g/mol. The molecule has 1 aromatic rings. The van der Waals surface area contributed by atoms with Gasteiger partial charge < -0.3 is 10.1 Å². The highest BCUT2D eigenvalue weighted by molar-refractivity contribution is 5.26. The van der Waals surface area contributed by atoms with E-state index in [-0.39, 0.29) is 0 Å². The van der Waals surface area contributed by atoms with E-state index in [1.54, 1.807) is 0 Å². The zero-order valence-corrected chi connectivity index (χ0v) is 12.3. The molecule has 1 saturated heterocycles. The Kier molecular flexibility index (Phi) is 5.87. The molecule has 2 heteroatoms. The highest BCUT2D eigenvalue weighted by Gasteiger charge is 2.24. The van der Waals surface area contributed by atoms with Gasteiger partial charge in [0.05, 0.1) is 12.1 Å². The van der Waals surface area contributed by atoms with Gasteiger partial charge in [0.15, 0.2) is 0 Å². The second-order valence-electron chi connectivity index (χ2n) is 5.52. The van der Waals surface area contributed by atoms with Crippen LogP contribution in [0.5, 0.6) is 0 Å². The maximum atomic E-state index is 5.92. The highest BCUT2D eigenvalue weighted by Crippen LogP contribution is 2.26. The quantitative estimate of drug-likeness (QED) is 0.839. The molecule has 1 fully saturated rings. The molecule has 0 radical (unpaired) electrons. The number of hydrogen-bond donors (Lipinski definition) is 1. The van der Waals surface area contributed by atoms with Crippen molar-refractivity contribution in [1.82, 2.24) is 5.32 Å². The van der Waals surface area contributed by atoms with Gasteiger partial charge in [-0.15, -0.1) is 0 Å². The fraction of sp³-hybridized carbons (Fsp3) is 0.647. The summed E-state index contributed by atoms with van der Waals surface area (Å²) in [7, 11) is 2.04. The minimum absolute atomic E-state index is 0.334. The molecular weight excluding hydrogens is 234 g/mol. The summed E-state index contributed by atoms with van der Waals surface area (Å²) in [5.41, 5.74) is 2.81. The van der Waals surface area contributed by atoms with Gasteiger partial charge in [0.25, 0.3) is 0 Å². The normalized spacial score (nSPS) is 21.3. The molecule has 19 heavy (non-hydrogen) atoms. The van der Waals surface area contributed by atoms with E-state index >= 15 is 0 Å². The van der Waals surface area contributed by atoms with Crippen molar-refractivity contribution in [2.75, 3.05) is 13.7 Å². The van der Waals surface area contributed by atoms with Gasteiger partial charge in [0.1, 0.15) is 0 Å². The molecule has 2 unspecified atom stereocenters. The smallest absolute Gasteiger partial charge is 0.0769 e. The van der Waals surface area contributed by atoms with Crippen LogP contribution in [0.1, 0.15) is 56.2 Å². The van der Waals surface area contributed by atoms with Crippen LogP contribution in [0.3, 0.4) is 0 Å². The van der Waals surface area contributed by atoms with Gasteiger partial charge in [-0.05, 0) is 50.3 Å². The molecule has 0 amide bonds. The van der Waals surface area contributed by atoms with Crippen LogP contribution >= 0.6 is 0 Å². The molecular formula is C17H27NO. The van der Waals surface area contributed by atoms with Crippen LogP contribution in [-0.4, -0.2) is 19.8 Å². The lowest BCUT2D eigenvalue weighted by Crippen LogP contribution is -2.34. The topological polar surface area (TPSA) is 21.3 Å². The molecule has 0 aromatic heterocycles. The van der Waals surface area contributed by atoms with Crippen molar-refractivity contribution in [2.45, 2.75) is 57.6 Å². The molecule has 0 bridgehead atoms. The Balaban J connectivity index is 2.01. The van der Waals surface area contributed by atoms with Crippen molar-refractivity contribution in [3.8, 4) is 0 Å². The first-order valence-electron chi connectivity index (χ1n) is 7.73. The summed E-state index contributed by atoms with van der Waals surface area (Å²) in [4.78, 5) is 0. The molecule has 2 rings (SSSR count). The van der Waals surface area contributed by atoms with Crippen LogP contribution < -0.4 is 5.32 Å². The largest absolute Gasteiger partial charge is 0.376 e. The number of hydrogen-bond acceptors (Lipinski definition) is 2. The van der Waals surface area contributed by atoms with E-state index in [2.05, 4.69) is 36.5 Å². The predicted molar refractivity (Wildman–Crippen MR) is 80.4 cm³/mol. The Morgan fingerprint density at radius 3 is 2.63 bits per heavy atom. The second-order valence-corrected chi connectivity index (χ2v) is 5.52. The first-order valence-corrected chi connectivity index (χ1v) is 7.73. The highest BCUT2D eigenvalue weighted by atomic mass is 16.5. The Hall–Kier alpha value is -0.860. The van der Waals surface area contributed by atoms with Crippen molar-refractivity contribution in [2.24, 2.45) is 0 Å². The third-order valence-corrected chi connectivity index (χ3v) is 4.06. The minimum atomic E-state index is 0.334.